The largest absolute Gasteiger partial charge is 0.324 e. The molecule has 168 valence electrons. The molecule has 7 atom stereocenters. The summed E-state index contributed by atoms with van der Waals surface area (Å²) < 4.78 is 0.925. The second-order valence-electron chi connectivity index (χ2n) is 9.86. The van der Waals surface area contributed by atoms with Crippen LogP contribution in [0, 0.1) is 42.4 Å². The van der Waals surface area contributed by atoms with Crippen molar-refractivity contribution in [2.75, 3.05) is 5.32 Å². The highest BCUT2D eigenvalue weighted by atomic mass is 79.9. The van der Waals surface area contributed by atoms with Crippen LogP contribution in [-0.2, 0) is 20.8 Å². The number of anilines is 1. The Morgan fingerprint density at radius 3 is 2.27 bits per heavy atom. The number of imide groups is 1. The van der Waals surface area contributed by atoms with Crippen LogP contribution in [0.5, 0.6) is 0 Å². The van der Waals surface area contributed by atoms with Crippen LogP contribution >= 0.6 is 15.9 Å². The zero-order valence-electron chi connectivity index (χ0n) is 18.3. The van der Waals surface area contributed by atoms with Gasteiger partial charge in [0.2, 0.25) is 17.7 Å². The number of aryl methyl sites for hydroxylation is 1. The summed E-state index contributed by atoms with van der Waals surface area (Å²) in [7, 11) is 0. The molecule has 1 saturated heterocycles. The van der Waals surface area contributed by atoms with Crippen molar-refractivity contribution in [1.82, 2.24) is 4.90 Å². The highest BCUT2D eigenvalue weighted by molar-refractivity contribution is 9.10. The maximum Gasteiger partial charge on any atom is 0.248 e. The maximum absolute atomic E-state index is 13.7. The lowest BCUT2D eigenvalue weighted by Gasteiger charge is -2.37. The van der Waals surface area contributed by atoms with Gasteiger partial charge in [-0.05, 0) is 66.3 Å². The van der Waals surface area contributed by atoms with E-state index in [4.69, 9.17) is 0 Å². The predicted octanol–water partition coefficient (Wildman–Crippen LogP) is 4.36. The molecule has 0 spiro atoms. The molecule has 5 aliphatic rings. The van der Waals surface area contributed by atoms with Crippen LogP contribution in [0.1, 0.15) is 17.5 Å². The lowest BCUT2D eigenvalue weighted by molar-refractivity contribution is -0.146. The van der Waals surface area contributed by atoms with Gasteiger partial charge in [0.25, 0.3) is 0 Å². The molecule has 1 heterocycles. The molecule has 6 heteroatoms. The molecule has 2 saturated carbocycles. The van der Waals surface area contributed by atoms with E-state index in [1.807, 2.05) is 55.5 Å². The molecule has 0 radical (unpaired) electrons. The number of likely N-dealkylation sites (tertiary alicyclic amines) is 1. The van der Waals surface area contributed by atoms with Crippen molar-refractivity contribution < 1.29 is 14.4 Å². The average Bonchev–Trinajstić information content (AvgIpc) is 3.59. The zero-order chi connectivity index (χ0) is 22.9. The monoisotopic (exact) mass is 504 g/mol. The third kappa shape index (κ3) is 3.30. The number of allylic oxidation sites excluding steroid dienone is 2. The van der Waals surface area contributed by atoms with Crippen LogP contribution < -0.4 is 5.32 Å². The fraction of sp³-hybridized carbons (Fsp3) is 0.370. The molecule has 5 nitrogen and oxygen atoms in total. The minimum absolute atomic E-state index is 0.139. The maximum atomic E-state index is 13.7. The van der Waals surface area contributed by atoms with Crippen LogP contribution in [0.25, 0.3) is 0 Å². The predicted molar refractivity (Wildman–Crippen MR) is 128 cm³/mol. The number of carbonyl (C=O) groups excluding carboxylic acids is 3. The van der Waals surface area contributed by atoms with Gasteiger partial charge in [-0.15, -0.1) is 0 Å². The Balaban J connectivity index is 1.34. The van der Waals surface area contributed by atoms with Crippen LogP contribution in [0.2, 0.25) is 0 Å². The van der Waals surface area contributed by atoms with Crippen molar-refractivity contribution in [3.05, 3.63) is 76.3 Å². The number of benzene rings is 2. The lowest BCUT2D eigenvalue weighted by atomic mass is 9.63. The third-order valence-corrected chi connectivity index (χ3v) is 8.52. The quantitative estimate of drug-likeness (QED) is 0.485. The molecular formula is C27H25BrN2O3. The molecular weight excluding hydrogens is 480 g/mol. The van der Waals surface area contributed by atoms with E-state index in [2.05, 4.69) is 33.4 Å². The van der Waals surface area contributed by atoms with Gasteiger partial charge in [0.1, 0.15) is 6.04 Å². The van der Waals surface area contributed by atoms with Gasteiger partial charge in [-0.2, -0.15) is 0 Å². The summed E-state index contributed by atoms with van der Waals surface area (Å²) in [4.78, 5) is 42.3. The fourth-order valence-electron chi connectivity index (χ4n) is 6.41. The van der Waals surface area contributed by atoms with E-state index in [9.17, 15) is 14.4 Å². The van der Waals surface area contributed by atoms with Crippen molar-refractivity contribution >= 4 is 39.3 Å². The van der Waals surface area contributed by atoms with Gasteiger partial charge in [-0.3, -0.25) is 19.3 Å². The summed E-state index contributed by atoms with van der Waals surface area (Å²) in [5, 5.41) is 2.99. The smallest absolute Gasteiger partial charge is 0.248 e. The molecule has 2 aromatic rings. The Morgan fingerprint density at radius 2 is 1.67 bits per heavy atom. The first-order valence-corrected chi connectivity index (χ1v) is 12.4. The number of carbonyl (C=O) groups is 3. The number of hydrogen-bond donors (Lipinski definition) is 1. The summed E-state index contributed by atoms with van der Waals surface area (Å²) in [6, 6.07) is 14.4. The van der Waals surface area contributed by atoms with Crippen LogP contribution in [0.3, 0.4) is 0 Å². The highest BCUT2D eigenvalue weighted by Crippen LogP contribution is 2.65. The summed E-state index contributed by atoms with van der Waals surface area (Å²) in [5.74, 6) is 0.0657. The Kier molecular flexibility index (Phi) is 4.84. The van der Waals surface area contributed by atoms with Crippen LogP contribution in [0.4, 0.5) is 5.69 Å². The van der Waals surface area contributed by atoms with Gasteiger partial charge in [0.15, 0.2) is 0 Å². The molecule has 0 aromatic heterocycles. The van der Waals surface area contributed by atoms with Crippen molar-refractivity contribution in [1.29, 1.82) is 0 Å². The molecule has 33 heavy (non-hydrogen) atoms. The van der Waals surface area contributed by atoms with Gasteiger partial charge in [0, 0.05) is 16.6 Å². The van der Waals surface area contributed by atoms with E-state index in [0.29, 0.717) is 23.9 Å². The molecule has 3 fully saturated rings. The Labute approximate surface area is 201 Å². The molecule has 1 N–H and O–H groups in total. The number of amides is 3. The van der Waals surface area contributed by atoms with Crippen molar-refractivity contribution in [2.45, 2.75) is 25.8 Å². The molecule has 2 bridgehead atoms. The van der Waals surface area contributed by atoms with Gasteiger partial charge < -0.3 is 5.32 Å². The number of nitrogens with zero attached hydrogens (tertiary/aromatic N) is 1. The van der Waals surface area contributed by atoms with Crippen molar-refractivity contribution in [3.8, 4) is 0 Å². The second kappa shape index (κ2) is 7.66. The first kappa shape index (κ1) is 20.8. The summed E-state index contributed by atoms with van der Waals surface area (Å²) in [6.45, 7) is 1.92. The Bertz CT molecular complexity index is 1160. The average molecular weight is 505 g/mol. The van der Waals surface area contributed by atoms with E-state index >= 15 is 0 Å². The number of rotatable bonds is 5. The first-order chi connectivity index (χ1) is 15.9. The molecule has 1 aliphatic heterocycles. The van der Waals surface area contributed by atoms with E-state index in [-0.39, 0.29) is 41.4 Å². The fourth-order valence-corrected chi connectivity index (χ4v) is 6.88. The topological polar surface area (TPSA) is 66.5 Å². The van der Waals surface area contributed by atoms with Crippen molar-refractivity contribution in [2.24, 2.45) is 35.5 Å². The zero-order valence-corrected chi connectivity index (χ0v) is 19.9. The standard InChI is InChI=1S/C27H25BrN2O3/c1-14-11-16(28)7-10-21(14)29-25(31)22(12-15-5-3-2-4-6-15)30-26(32)23-17-8-9-18(20-13-19(17)20)24(23)27(30)33/h2-11,17-20,22-24H,12-13H2,1H3,(H,29,31)/t17-,18-,19-,20-,22-,23-,24+/m1/s1. The number of halogens is 1. The molecule has 7 rings (SSSR count). The van der Waals surface area contributed by atoms with Gasteiger partial charge in [-0.25, -0.2) is 0 Å². The van der Waals surface area contributed by atoms with E-state index in [0.717, 1.165) is 22.0 Å². The minimum Gasteiger partial charge on any atom is -0.324 e. The normalized spacial score (nSPS) is 31.9. The minimum atomic E-state index is -0.878. The molecule has 4 aliphatic carbocycles. The third-order valence-electron chi connectivity index (χ3n) is 8.03. The van der Waals surface area contributed by atoms with E-state index in [1.54, 1.807) is 0 Å². The highest BCUT2D eigenvalue weighted by Gasteiger charge is 2.67. The second-order valence-corrected chi connectivity index (χ2v) is 10.8. The molecule has 3 amide bonds. The Hall–Kier alpha value is -2.73. The van der Waals surface area contributed by atoms with E-state index < -0.39 is 6.04 Å². The van der Waals surface area contributed by atoms with Gasteiger partial charge in [-0.1, -0.05) is 58.4 Å². The molecule has 2 aromatic carbocycles. The summed E-state index contributed by atoms with van der Waals surface area (Å²) >= 11 is 3.45. The van der Waals surface area contributed by atoms with Gasteiger partial charge in [0.05, 0.1) is 11.8 Å². The number of hydrogen-bond acceptors (Lipinski definition) is 3. The summed E-state index contributed by atoms with van der Waals surface area (Å²) in [5.41, 5.74) is 2.51. The first-order valence-electron chi connectivity index (χ1n) is 11.6. The summed E-state index contributed by atoms with van der Waals surface area (Å²) in [6.07, 6.45) is 5.74. The molecule has 0 unspecified atom stereocenters. The number of nitrogens with one attached hydrogen (secondary N) is 1. The van der Waals surface area contributed by atoms with Crippen LogP contribution in [-0.4, -0.2) is 28.7 Å². The lowest BCUT2D eigenvalue weighted by Crippen LogP contribution is -2.49. The van der Waals surface area contributed by atoms with Gasteiger partial charge >= 0.3 is 0 Å². The SMILES string of the molecule is Cc1cc(Br)ccc1NC(=O)[C@@H](Cc1ccccc1)N1C(=O)[C@@H]2[C@@H]3C=C[C@H]([C@H]4C[C@H]34)[C@@H]2C1=O. The van der Waals surface area contributed by atoms with Crippen molar-refractivity contribution in [3.63, 3.8) is 0 Å². The van der Waals surface area contributed by atoms with Crippen LogP contribution in [0.15, 0.2) is 65.2 Å². The Morgan fingerprint density at radius 1 is 1.03 bits per heavy atom. The van der Waals surface area contributed by atoms with E-state index in [1.165, 1.54) is 4.90 Å².